The minimum absolute atomic E-state index is 0.0147. The molecule has 2 aromatic rings. The number of carboxylic acids is 1. The van der Waals surface area contributed by atoms with Crippen LogP contribution in [-0.2, 0) is 10.5 Å². The standard InChI is InChI=1S/C30H38F3N3O5/c1-4-36(19-30(31,32)33)29(2,39)25-8-7-23(40-3)16-26(25)35-13-10-20(11-14-35)18-41-27-15-22(9-12-34-27)24(17-28(37)38)21-5-6-21/h5-9,12,15-16,20-21,24,39H,4,10-11,13-14,17-19H2,1-3H3,(H,37,38). The van der Waals surface area contributed by atoms with Gasteiger partial charge in [0, 0.05) is 54.5 Å². The van der Waals surface area contributed by atoms with Crippen LogP contribution >= 0.6 is 0 Å². The van der Waals surface area contributed by atoms with Gasteiger partial charge in [-0.05, 0) is 56.0 Å². The molecule has 2 N–H and O–H groups in total. The number of aliphatic carboxylic acids is 1. The lowest BCUT2D eigenvalue weighted by Crippen LogP contribution is -2.49. The van der Waals surface area contributed by atoms with Crippen molar-refractivity contribution in [3.8, 4) is 11.6 Å². The summed E-state index contributed by atoms with van der Waals surface area (Å²) in [7, 11) is 1.52. The Bertz CT molecular complexity index is 1220. The Morgan fingerprint density at radius 1 is 1.20 bits per heavy atom. The number of aliphatic hydroxyl groups is 1. The first-order chi connectivity index (χ1) is 19.4. The molecular formula is C30H38F3N3O5. The topological polar surface area (TPSA) is 95.4 Å². The highest BCUT2D eigenvalue weighted by Gasteiger charge is 2.41. The van der Waals surface area contributed by atoms with Crippen LogP contribution in [0.2, 0.25) is 0 Å². The molecule has 1 saturated heterocycles. The van der Waals surface area contributed by atoms with Gasteiger partial charge >= 0.3 is 12.1 Å². The Hall–Kier alpha value is -3.31. The molecule has 2 atom stereocenters. The molecule has 0 spiro atoms. The molecule has 0 radical (unpaired) electrons. The number of hydrogen-bond acceptors (Lipinski definition) is 7. The summed E-state index contributed by atoms with van der Waals surface area (Å²) in [6, 6.07) is 8.69. The van der Waals surface area contributed by atoms with Crippen molar-refractivity contribution in [2.24, 2.45) is 11.8 Å². The third-order valence-corrected chi connectivity index (χ3v) is 7.97. The minimum atomic E-state index is -4.45. The van der Waals surface area contributed by atoms with Crippen LogP contribution in [0, 0.1) is 11.8 Å². The van der Waals surface area contributed by atoms with E-state index in [0.29, 0.717) is 42.6 Å². The molecule has 2 aliphatic rings. The number of hydrogen-bond donors (Lipinski definition) is 2. The van der Waals surface area contributed by atoms with Gasteiger partial charge in [-0.15, -0.1) is 0 Å². The van der Waals surface area contributed by atoms with E-state index in [-0.39, 0.29) is 30.7 Å². The monoisotopic (exact) mass is 577 g/mol. The number of rotatable bonds is 13. The Morgan fingerprint density at radius 2 is 1.90 bits per heavy atom. The van der Waals surface area contributed by atoms with Crippen molar-refractivity contribution in [1.29, 1.82) is 0 Å². The van der Waals surface area contributed by atoms with Crippen molar-refractivity contribution in [3.63, 3.8) is 0 Å². The summed E-state index contributed by atoms with van der Waals surface area (Å²) in [6.45, 7) is 3.46. The smallest absolute Gasteiger partial charge is 0.401 e. The number of alkyl halides is 3. The van der Waals surface area contributed by atoms with Gasteiger partial charge in [-0.25, -0.2) is 4.98 Å². The number of pyridine rings is 1. The molecule has 2 heterocycles. The van der Waals surface area contributed by atoms with Gasteiger partial charge in [-0.3, -0.25) is 9.69 Å². The van der Waals surface area contributed by atoms with Crippen LogP contribution in [0.3, 0.4) is 0 Å². The van der Waals surface area contributed by atoms with Crippen molar-refractivity contribution in [2.75, 3.05) is 44.8 Å². The summed E-state index contributed by atoms with van der Waals surface area (Å²) in [5.41, 5.74) is 0.0614. The van der Waals surface area contributed by atoms with Crippen molar-refractivity contribution in [2.45, 2.75) is 50.9 Å². The summed E-state index contributed by atoms with van der Waals surface area (Å²) in [5.74, 6) is 0.386. The normalized spacial score (nSPS) is 18.3. The highest BCUT2D eigenvalue weighted by atomic mass is 19.4. The summed E-state index contributed by atoms with van der Waals surface area (Å²) in [6.07, 6.45) is 2.74. The Kier molecular flexibility index (Phi) is 9.48. The number of ether oxygens (including phenoxy) is 2. The van der Waals surface area contributed by atoms with Crippen molar-refractivity contribution >= 4 is 11.7 Å². The van der Waals surface area contributed by atoms with E-state index in [2.05, 4.69) is 9.88 Å². The third-order valence-electron chi connectivity index (χ3n) is 7.97. The fourth-order valence-corrected chi connectivity index (χ4v) is 5.54. The van der Waals surface area contributed by atoms with Crippen LogP contribution in [-0.4, -0.2) is 72.1 Å². The molecule has 2 unspecified atom stereocenters. The third kappa shape index (κ3) is 7.91. The molecule has 41 heavy (non-hydrogen) atoms. The van der Waals surface area contributed by atoms with Crippen LogP contribution in [0.5, 0.6) is 11.6 Å². The summed E-state index contributed by atoms with van der Waals surface area (Å²) in [4.78, 5) is 18.7. The van der Waals surface area contributed by atoms with E-state index in [1.807, 2.05) is 24.3 Å². The molecule has 1 aliphatic heterocycles. The lowest BCUT2D eigenvalue weighted by molar-refractivity contribution is -0.193. The van der Waals surface area contributed by atoms with Crippen molar-refractivity contribution in [1.82, 2.24) is 9.88 Å². The number of aromatic nitrogens is 1. The number of piperidine rings is 1. The number of allylic oxidation sites excluding steroid dienone is 2. The van der Waals surface area contributed by atoms with Gasteiger partial charge in [0.2, 0.25) is 5.88 Å². The number of methoxy groups -OCH3 is 1. The Morgan fingerprint density at radius 3 is 2.49 bits per heavy atom. The van der Waals surface area contributed by atoms with Gasteiger partial charge in [0.15, 0.2) is 0 Å². The first-order valence-corrected chi connectivity index (χ1v) is 13.9. The lowest BCUT2D eigenvalue weighted by atomic mass is 9.90. The quantitative estimate of drug-likeness (QED) is 0.249. The van der Waals surface area contributed by atoms with E-state index in [0.717, 1.165) is 23.3 Å². The Labute approximate surface area is 238 Å². The largest absolute Gasteiger partial charge is 0.497 e. The van der Waals surface area contributed by atoms with E-state index < -0.39 is 24.4 Å². The fraction of sp³-hybridized carbons (Fsp3) is 0.533. The van der Waals surface area contributed by atoms with Gasteiger partial charge in [0.05, 0.1) is 26.7 Å². The second kappa shape index (κ2) is 12.7. The molecule has 224 valence electrons. The molecule has 1 aliphatic carbocycles. The summed E-state index contributed by atoms with van der Waals surface area (Å²) < 4.78 is 51.2. The first kappa shape index (κ1) is 30.6. The van der Waals surface area contributed by atoms with Gasteiger partial charge < -0.3 is 24.6 Å². The molecular weight excluding hydrogens is 539 g/mol. The zero-order valence-corrected chi connectivity index (χ0v) is 23.6. The SMILES string of the molecule is CCN(CC(F)(F)F)C(C)(O)c1ccc(OC)cc1N1CCC(COc2cc(C(CC(=O)O)C3C=C3)ccn2)CC1. The average molecular weight is 578 g/mol. The number of halogens is 3. The molecule has 11 heteroatoms. The van der Waals surface area contributed by atoms with E-state index >= 15 is 0 Å². The van der Waals surface area contributed by atoms with Crippen molar-refractivity contribution in [3.05, 3.63) is 59.8 Å². The molecule has 8 nitrogen and oxygen atoms in total. The number of carbonyl (C=O) groups is 1. The summed E-state index contributed by atoms with van der Waals surface area (Å²) in [5, 5.41) is 20.7. The molecule has 4 rings (SSSR count). The van der Waals surface area contributed by atoms with E-state index in [1.54, 1.807) is 31.3 Å². The highest BCUT2D eigenvalue weighted by Crippen LogP contribution is 2.40. The van der Waals surface area contributed by atoms with Gasteiger partial charge in [0.25, 0.3) is 0 Å². The lowest BCUT2D eigenvalue weighted by Gasteiger charge is -2.41. The van der Waals surface area contributed by atoms with E-state index in [1.165, 1.54) is 14.0 Å². The maximum atomic E-state index is 13.3. The number of anilines is 1. The zero-order chi connectivity index (χ0) is 29.8. The molecule has 1 aromatic heterocycles. The molecule has 1 fully saturated rings. The number of benzene rings is 1. The van der Waals surface area contributed by atoms with Gasteiger partial charge in [0.1, 0.15) is 11.5 Å². The maximum absolute atomic E-state index is 13.3. The van der Waals surface area contributed by atoms with Crippen LogP contribution < -0.4 is 14.4 Å². The molecule has 1 aromatic carbocycles. The van der Waals surface area contributed by atoms with Crippen LogP contribution in [0.15, 0.2) is 48.7 Å². The number of nitrogens with zero attached hydrogens (tertiary/aromatic N) is 3. The van der Waals surface area contributed by atoms with E-state index in [4.69, 9.17) is 9.47 Å². The number of carboxylic acid groups (broad SMARTS) is 1. The van der Waals surface area contributed by atoms with Gasteiger partial charge in [-0.2, -0.15) is 13.2 Å². The highest BCUT2D eigenvalue weighted by molar-refractivity contribution is 5.68. The van der Waals surface area contributed by atoms with Gasteiger partial charge in [-0.1, -0.05) is 19.1 Å². The molecule has 0 amide bonds. The Balaban J connectivity index is 1.42. The van der Waals surface area contributed by atoms with Crippen LogP contribution in [0.25, 0.3) is 0 Å². The zero-order valence-electron chi connectivity index (χ0n) is 23.6. The maximum Gasteiger partial charge on any atom is 0.401 e. The summed E-state index contributed by atoms with van der Waals surface area (Å²) >= 11 is 0. The van der Waals surface area contributed by atoms with E-state index in [9.17, 15) is 28.2 Å². The predicted octanol–water partition coefficient (Wildman–Crippen LogP) is 5.18. The second-order valence-electron chi connectivity index (χ2n) is 10.9. The van der Waals surface area contributed by atoms with Crippen LogP contribution in [0.1, 0.15) is 50.2 Å². The predicted molar refractivity (Wildman–Crippen MR) is 148 cm³/mol. The average Bonchev–Trinajstić information content (AvgIpc) is 3.78. The first-order valence-electron chi connectivity index (χ1n) is 13.9. The minimum Gasteiger partial charge on any atom is -0.497 e. The van der Waals surface area contributed by atoms with Crippen LogP contribution in [0.4, 0.5) is 18.9 Å². The van der Waals surface area contributed by atoms with Crippen molar-refractivity contribution < 1.29 is 37.7 Å². The molecule has 0 saturated carbocycles. The fourth-order valence-electron chi connectivity index (χ4n) is 5.54. The second-order valence-corrected chi connectivity index (χ2v) is 10.9. The molecule has 0 bridgehead atoms.